The summed E-state index contributed by atoms with van der Waals surface area (Å²) in [5.74, 6) is -1.69. The first-order valence-corrected chi connectivity index (χ1v) is 18.8. The van der Waals surface area contributed by atoms with Gasteiger partial charge in [-0.05, 0) is 91.1 Å². The molecule has 0 bridgehead atoms. The summed E-state index contributed by atoms with van der Waals surface area (Å²) in [4.78, 5) is 71.5. The van der Waals surface area contributed by atoms with Crippen molar-refractivity contribution < 1.29 is 28.7 Å². The van der Waals surface area contributed by atoms with Gasteiger partial charge in [-0.3, -0.25) is 19.2 Å². The van der Waals surface area contributed by atoms with E-state index in [9.17, 15) is 19.2 Å². The van der Waals surface area contributed by atoms with E-state index in [4.69, 9.17) is 55.0 Å². The van der Waals surface area contributed by atoms with Crippen LogP contribution < -0.4 is 48.8 Å². The van der Waals surface area contributed by atoms with Gasteiger partial charge in [-0.15, -0.1) is 0 Å². The van der Waals surface area contributed by atoms with Crippen molar-refractivity contribution in [3.8, 4) is 34.7 Å². The predicted molar refractivity (Wildman–Crippen MR) is 224 cm³/mol. The summed E-state index contributed by atoms with van der Waals surface area (Å²) < 4.78 is 12.0. The number of carbonyl (C=O) groups is 4. The number of hydrogen-bond donors (Lipinski definition) is 7. The molecule has 5 aromatic rings. The number of pyridine rings is 1. The molecule has 12 N–H and O–H groups in total. The molecule has 1 aliphatic rings. The van der Waals surface area contributed by atoms with Crippen molar-refractivity contribution in [1.82, 2.24) is 24.9 Å². The van der Waals surface area contributed by atoms with Gasteiger partial charge in [0.05, 0.1) is 11.6 Å². The molecule has 2 aromatic carbocycles. The van der Waals surface area contributed by atoms with Crippen LogP contribution in [0.2, 0.25) is 5.02 Å². The number of allylic oxidation sites excluding steroid dienone is 4. The zero-order chi connectivity index (χ0) is 43.8. The first-order chi connectivity index (χ1) is 29.1. The van der Waals surface area contributed by atoms with E-state index in [2.05, 4.69) is 41.6 Å². The Morgan fingerprint density at radius 2 is 1.46 bits per heavy atom. The minimum absolute atomic E-state index is 0.0584. The summed E-state index contributed by atoms with van der Waals surface area (Å²) >= 11 is 6.28. The van der Waals surface area contributed by atoms with Crippen LogP contribution in [0.5, 0.6) is 17.5 Å². The first kappa shape index (κ1) is 42.5. The number of nitrogen functional groups attached to an aromatic ring is 1. The van der Waals surface area contributed by atoms with Gasteiger partial charge in [0, 0.05) is 34.8 Å². The second-order valence-corrected chi connectivity index (χ2v) is 14.1. The molecule has 3 atom stereocenters. The number of hydrogen-bond acceptors (Lipinski definition) is 15. The molecule has 0 saturated heterocycles. The molecule has 3 unspecified atom stereocenters. The summed E-state index contributed by atoms with van der Waals surface area (Å²) in [6.07, 6.45) is 5.25. The van der Waals surface area contributed by atoms with Crippen molar-refractivity contribution in [1.29, 1.82) is 5.26 Å². The number of nitrogens with two attached hydrogens (primary N) is 5. The summed E-state index contributed by atoms with van der Waals surface area (Å²) in [7, 11) is 0. The standard InChI is InChI=1S/C41H38ClN13O6/c1-20-14-23(4-10-31(20)60-25-6-2-21(19-43)3-7-25)40-52-29(38(47)58)17-34(54-40)50-27(36(45)56)8-9-28(37(46)57)51-35-18-30(39(48)59)53-41(55-35)61-32-11-5-24(42)16-26(32)22-12-13-49-33(44)15-22/h2-7,10-13,15-18,20,27-28H,8-9,14H2,1H3,(H2,44,49)(H2,45,56)(H2,46,57)(H2,47,58)(H2,48,59)(H,50,52,54)(H,51,53,55). The molecule has 1 aliphatic carbocycles. The van der Waals surface area contributed by atoms with Crippen LogP contribution in [0.1, 0.15) is 58.6 Å². The smallest absolute Gasteiger partial charge is 0.324 e. The quantitative estimate of drug-likeness (QED) is 0.0699. The van der Waals surface area contributed by atoms with E-state index in [1.165, 1.54) is 18.3 Å². The van der Waals surface area contributed by atoms with Gasteiger partial charge >= 0.3 is 6.01 Å². The number of amides is 4. The summed E-state index contributed by atoms with van der Waals surface area (Å²) in [5.41, 5.74) is 30.5. The third kappa shape index (κ3) is 10.9. The Balaban J connectivity index is 1.20. The monoisotopic (exact) mass is 843 g/mol. The van der Waals surface area contributed by atoms with E-state index in [1.54, 1.807) is 66.7 Å². The number of anilines is 3. The van der Waals surface area contributed by atoms with Gasteiger partial charge in [0.1, 0.15) is 58.2 Å². The molecule has 0 radical (unpaired) electrons. The lowest BCUT2D eigenvalue weighted by Crippen LogP contribution is -2.40. The molecule has 3 aromatic heterocycles. The second kappa shape index (κ2) is 18.6. The minimum atomic E-state index is -1.18. The Labute approximate surface area is 353 Å². The lowest BCUT2D eigenvalue weighted by molar-refractivity contribution is -0.120. The highest BCUT2D eigenvalue weighted by molar-refractivity contribution is 6.31. The van der Waals surface area contributed by atoms with Crippen LogP contribution in [0, 0.1) is 17.2 Å². The van der Waals surface area contributed by atoms with Crippen molar-refractivity contribution in [3.63, 3.8) is 0 Å². The van der Waals surface area contributed by atoms with Crippen molar-refractivity contribution in [2.75, 3.05) is 16.4 Å². The molecule has 0 aliphatic heterocycles. The lowest BCUT2D eigenvalue weighted by Gasteiger charge is -2.23. The van der Waals surface area contributed by atoms with Gasteiger partial charge in [0.15, 0.2) is 5.82 Å². The predicted octanol–water partition coefficient (Wildman–Crippen LogP) is 3.82. The molecule has 4 amide bonds. The maximum atomic E-state index is 12.8. The largest absolute Gasteiger partial charge is 0.461 e. The highest BCUT2D eigenvalue weighted by Crippen LogP contribution is 2.36. The van der Waals surface area contributed by atoms with Crippen LogP contribution in [0.3, 0.4) is 0 Å². The summed E-state index contributed by atoms with van der Waals surface area (Å²) in [6.45, 7) is 1.94. The van der Waals surface area contributed by atoms with Crippen LogP contribution in [0.4, 0.5) is 17.5 Å². The molecule has 3 heterocycles. The van der Waals surface area contributed by atoms with Crippen LogP contribution in [0.25, 0.3) is 16.7 Å². The van der Waals surface area contributed by atoms with Crippen LogP contribution in [0.15, 0.2) is 90.8 Å². The van der Waals surface area contributed by atoms with Gasteiger partial charge in [-0.1, -0.05) is 24.6 Å². The fraction of sp³-hybridized carbons (Fsp3) is 0.171. The Bertz CT molecular complexity index is 2630. The van der Waals surface area contributed by atoms with Gasteiger partial charge in [-0.25, -0.2) is 15.0 Å². The van der Waals surface area contributed by atoms with E-state index in [0.717, 1.165) is 0 Å². The van der Waals surface area contributed by atoms with Crippen LogP contribution in [-0.2, 0) is 9.59 Å². The fourth-order valence-electron chi connectivity index (χ4n) is 6.13. The SMILES string of the molecule is CC1CC(c2nc(NC(CCC(Nc3cc(C(N)=O)nc(Oc4ccc(Cl)cc4-c4ccnc(N)c4)n3)C(N)=O)C(N)=O)cc(C(N)=O)n2)=CC=C1Oc1ccc(C#N)cc1. The molecule has 0 spiro atoms. The van der Waals surface area contributed by atoms with Gasteiger partial charge in [0.2, 0.25) is 11.8 Å². The van der Waals surface area contributed by atoms with Gasteiger partial charge in [-0.2, -0.15) is 15.2 Å². The van der Waals surface area contributed by atoms with E-state index >= 15 is 0 Å². The normalized spacial score (nSPS) is 14.3. The van der Waals surface area contributed by atoms with E-state index in [0.29, 0.717) is 45.2 Å². The third-order valence-corrected chi connectivity index (χ3v) is 9.45. The Kier molecular flexibility index (Phi) is 13.0. The highest BCUT2D eigenvalue weighted by Gasteiger charge is 2.26. The Hall–Kier alpha value is -8.11. The van der Waals surface area contributed by atoms with Crippen molar-refractivity contribution >= 4 is 58.3 Å². The maximum Gasteiger partial charge on any atom is 0.324 e. The summed E-state index contributed by atoms with van der Waals surface area (Å²) in [5, 5.41) is 15.3. The minimum Gasteiger partial charge on any atom is -0.461 e. The Morgan fingerprint density at radius 1 is 0.820 bits per heavy atom. The number of carbonyl (C=O) groups excluding carboxylic acids is 4. The number of aromatic nitrogens is 5. The molecule has 6 rings (SSSR count). The number of primary amides is 4. The Morgan fingerprint density at radius 3 is 2.05 bits per heavy atom. The van der Waals surface area contributed by atoms with Gasteiger partial charge in [0.25, 0.3) is 11.8 Å². The highest BCUT2D eigenvalue weighted by atomic mass is 35.5. The zero-order valence-electron chi connectivity index (χ0n) is 32.3. The number of nitrogens with one attached hydrogen (secondary N) is 2. The first-order valence-electron chi connectivity index (χ1n) is 18.4. The molecule has 0 fully saturated rings. The van der Waals surface area contributed by atoms with E-state index in [-0.39, 0.29) is 65.2 Å². The fourth-order valence-corrected chi connectivity index (χ4v) is 6.31. The zero-order valence-corrected chi connectivity index (χ0v) is 33.1. The second-order valence-electron chi connectivity index (χ2n) is 13.7. The molecule has 19 nitrogen and oxygen atoms in total. The van der Waals surface area contributed by atoms with Crippen LogP contribution >= 0.6 is 11.6 Å². The molecule has 20 heteroatoms. The summed E-state index contributed by atoms with van der Waals surface area (Å²) in [6, 6.07) is 16.7. The van der Waals surface area contributed by atoms with Gasteiger partial charge < -0.3 is 48.8 Å². The number of ether oxygens (including phenoxy) is 2. The average Bonchev–Trinajstić information content (AvgIpc) is 3.23. The maximum absolute atomic E-state index is 12.8. The molecule has 310 valence electrons. The molecule has 0 saturated carbocycles. The molecule has 61 heavy (non-hydrogen) atoms. The lowest BCUT2D eigenvalue weighted by atomic mass is 9.93. The number of halogens is 1. The van der Waals surface area contributed by atoms with E-state index < -0.39 is 35.7 Å². The number of benzene rings is 2. The van der Waals surface area contributed by atoms with Crippen molar-refractivity contribution in [2.24, 2.45) is 28.9 Å². The molecular formula is C41H38ClN13O6. The number of rotatable bonds is 17. The number of nitrogens with zero attached hydrogens (tertiary/aromatic N) is 6. The van der Waals surface area contributed by atoms with E-state index in [1.807, 2.05) is 6.92 Å². The van der Waals surface area contributed by atoms with Crippen LogP contribution in [-0.4, -0.2) is 60.6 Å². The van der Waals surface area contributed by atoms with Crippen molar-refractivity contribution in [3.05, 3.63) is 119 Å². The third-order valence-electron chi connectivity index (χ3n) is 9.21. The van der Waals surface area contributed by atoms with Crippen molar-refractivity contribution in [2.45, 2.75) is 38.3 Å². The molecular weight excluding hydrogens is 806 g/mol. The topological polar surface area (TPSA) is 329 Å². The number of nitriles is 1. The average molecular weight is 844 g/mol.